The molecule has 0 fully saturated rings. The van der Waals surface area contributed by atoms with Crippen molar-refractivity contribution >= 4 is 11.6 Å². The van der Waals surface area contributed by atoms with Crippen LogP contribution in [0, 0.1) is 6.92 Å². The van der Waals surface area contributed by atoms with Crippen molar-refractivity contribution < 1.29 is 4.52 Å². The summed E-state index contributed by atoms with van der Waals surface area (Å²) in [6.07, 6.45) is 2.35. The van der Waals surface area contributed by atoms with Gasteiger partial charge in [-0.3, -0.25) is 4.98 Å². The Morgan fingerprint density at radius 3 is 2.93 bits per heavy atom. The summed E-state index contributed by atoms with van der Waals surface area (Å²) in [5.74, 6) is 1.53. The molecule has 2 aromatic rings. The SMILES string of the molecule is Cc1ccc(-c2noc(CCCl)n2)nc1. The van der Waals surface area contributed by atoms with Gasteiger partial charge >= 0.3 is 0 Å². The molecule has 5 heteroatoms. The maximum absolute atomic E-state index is 5.57. The van der Waals surface area contributed by atoms with Gasteiger partial charge in [0.05, 0.1) is 0 Å². The topological polar surface area (TPSA) is 51.8 Å². The van der Waals surface area contributed by atoms with Gasteiger partial charge in [0.2, 0.25) is 11.7 Å². The van der Waals surface area contributed by atoms with Crippen LogP contribution >= 0.6 is 11.6 Å². The third-order valence-electron chi connectivity index (χ3n) is 1.92. The fraction of sp³-hybridized carbons (Fsp3) is 0.300. The molecular weight excluding hydrogens is 214 g/mol. The number of aromatic nitrogens is 3. The average Bonchev–Trinajstić information content (AvgIpc) is 2.68. The molecule has 0 saturated heterocycles. The molecule has 0 atom stereocenters. The number of aryl methyl sites for hydroxylation is 2. The van der Waals surface area contributed by atoms with Crippen molar-refractivity contribution in [3.8, 4) is 11.5 Å². The highest BCUT2D eigenvalue weighted by molar-refractivity contribution is 6.17. The van der Waals surface area contributed by atoms with Gasteiger partial charge in [0, 0.05) is 18.5 Å². The fourth-order valence-electron chi connectivity index (χ4n) is 1.14. The average molecular weight is 224 g/mol. The van der Waals surface area contributed by atoms with Crippen LogP contribution in [0.1, 0.15) is 11.5 Å². The molecule has 0 spiro atoms. The predicted molar refractivity (Wildman–Crippen MR) is 56.7 cm³/mol. The lowest BCUT2D eigenvalue weighted by Gasteiger charge is -1.93. The first-order valence-corrected chi connectivity index (χ1v) is 5.14. The summed E-state index contributed by atoms with van der Waals surface area (Å²) in [5, 5.41) is 3.83. The first-order valence-electron chi connectivity index (χ1n) is 4.61. The van der Waals surface area contributed by atoms with Crippen LogP contribution in [0.2, 0.25) is 0 Å². The molecule has 0 saturated carbocycles. The Labute approximate surface area is 92.3 Å². The summed E-state index contributed by atoms with van der Waals surface area (Å²) in [7, 11) is 0. The minimum atomic E-state index is 0.475. The monoisotopic (exact) mass is 223 g/mol. The molecule has 2 rings (SSSR count). The summed E-state index contributed by atoms with van der Waals surface area (Å²) in [6, 6.07) is 3.82. The molecule has 15 heavy (non-hydrogen) atoms. The Kier molecular flexibility index (Phi) is 2.97. The van der Waals surface area contributed by atoms with Gasteiger partial charge in [0.1, 0.15) is 5.69 Å². The number of halogens is 1. The van der Waals surface area contributed by atoms with Gasteiger partial charge in [-0.1, -0.05) is 11.2 Å². The Hall–Kier alpha value is -1.42. The Balaban J connectivity index is 2.25. The number of hydrogen-bond acceptors (Lipinski definition) is 4. The van der Waals surface area contributed by atoms with Crippen molar-refractivity contribution in [2.75, 3.05) is 5.88 Å². The maximum atomic E-state index is 5.57. The first kappa shape index (κ1) is 10.1. The van der Waals surface area contributed by atoms with Gasteiger partial charge in [0.15, 0.2) is 0 Å². The lowest BCUT2D eigenvalue weighted by molar-refractivity contribution is 0.383. The number of pyridine rings is 1. The smallest absolute Gasteiger partial charge is 0.228 e. The minimum absolute atomic E-state index is 0.475. The summed E-state index contributed by atoms with van der Waals surface area (Å²) in [5.41, 5.74) is 1.81. The van der Waals surface area contributed by atoms with E-state index in [0.29, 0.717) is 29.7 Å². The summed E-state index contributed by atoms with van der Waals surface area (Å²) in [6.45, 7) is 1.98. The Morgan fingerprint density at radius 1 is 1.40 bits per heavy atom. The van der Waals surface area contributed by atoms with Crippen LogP contribution in [0.3, 0.4) is 0 Å². The number of nitrogens with zero attached hydrogens (tertiary/aromatic N) is 3. The van der Waals surface area contributed by atoms with E-state index in [1.54, 1.807) is 6.20 Å². The van der Waals surface area contributed by atoms with E-state index in [9.17, 15) is 0 Å². The van der Waals surface area contributed by atoms with Crippen LogP contribution in [0.5, 0.6) is 0 Å². The molecular formula is C10H10ClN3O. The Morgan fingerprint density at radius 2 is 2.27 bits per heavy atom. The van der Waals surface area contributed by atoms with E-state index in [2.05, 4.69) is 15.1 Å². The summed E-state index contributed by atoms with van der Waals surface area (Å²) < 4.78 is 5.00. The fourth-order valence-corrected chi connectivity index (χ4v) is 1.30. The van der Waals surface area contributed by atoms with Crippen molar-refractivity contribution in [1.82, 2.24) is 15.1 Å². The highest BCUT2D eigenvalue weighted by Crippen LogP contribution is 2.13. The number of alkyl halides is 1. The lowest BCUT2D eigenvalue weighted by Crippen LogP contribution is -1.88. The highest BCUT2D eigenvalue weighted by Gasteiger charge is 2.08. The molecule has 2 heterocycles. The van der Waals surface area contributed by atoms with E-state index < -0.39 is 0 Å². The van der Waals surface area contributed by atoms with Crippen LogP contribution in [-0.4, -0.2) is 21.0 Å². The summed E-state index contributed by atoms with van der Waals surface area (Å²) in [4.78, 5) is 8.38. The molecule has 0 bridgehead atoms. The molecule has 0 aliphatic carbocycles. The second kappa shape index (κ2) is 4.40. The summed E-state index contributed by atoms with van der Waals surface area (Å²) >= 11 is 5.57. The van der Waals surface area contributed by atoms with E-state index in [4.69, 9.17) is 16.1 Å². The zero-order chi connectivity index (χ0) is 10.7. The van der Waals surface area contributed by atoms with Crippen LogP contribution in [0.4, 0.5) is 0 Å². The van der Waals surface area contributed by atoms with Gasteiger partial charge < -0.3 is 4.52 Å². The zero-order valence-corrected chi connectivity index (χ0v) is 9.03. The molecule has 0 aliphatic rings. The van der Waals surface area contributed by atoms with Gasteiger partial charge in [0.25, 0.3) is 0 Å². The molecule has 78 valence electrons. The third-order valence-corrected chi connectivity index (χ3v) is 2.11. The number of rotatable bonds is 3. The van der Waals surface area contributed by atoms with Crippen molar-refractivity contribution in [2.24, 2.45) is 0 Å². The van der Waals surface area contributed by atoms with Gasteiger partial charge in [-0.2, -0.15) is 4.98 Å². The van der Waals surface area contributed by atoms with Crippen molar-refractivity contribution in [3.63, 3.8) is 0 Å². The molecule has 0 N–H and O–H groups in total. The minimum Gasteiger partial charge on any atom is -0.339 e. The molecule has 0 amide bonds. The van der Waals surface area contributed by atoms with Gasteiger partial charge in [-0.15, -0.1) is 11.6 Å². The molecule has 0 unspecified atom stereocenters. The normalized spacial score (nSPS) is 10.5. The van der Waals surface area contributed by atoms with Crippen molar-refractivity contribution in [3.05, 3.63) is 29.8 Å². The molecule has 4 nitrogen and oxygen atoms in total. The molecule has 0 aliphatic heterocycles. The lowest BCUT2D eigenvalue weighted by atomic mass is 10.3. The number of hydrogen-bond donors (Lipinski definition) is 0. The van der Waals surface area contributed by atoms with E-state index in [-0.39, 0.29) is 0 Å². The second-order valence-corrected chi connectivity index (χ2v) is 3.55. The van der Waals surface area contributed by atoms with Crippen LogP contribution in [-0.2, 0) is 6.42 Å². The van der Waals surface area contributed by atoms with E-state index in [0.717, 1.165) is 5.56 Å². The standard InChI is InChI=1S/C10H10ClN3O/c1-7-2-3-8(12-6-7)10-13-9(4-5-11)15-14-10/h2-3,6H,4-5H2,1H3. The highest BCUT2D eigenvalue weighted by atomic mass is 35.5. The Bertz CT molecular complexity index is 438. The third kappa shape index (κ3) is 2.33. The van der Waals surface area contributed by atoms with Crippen LogP contribution < -0.4 is 0 Å². The predicted octanol–water partition coefficient (Wildman–Crippen LogP) is 2.22. The molecule has 0 radical (unpaired) electrons. The van der Waals surface area contributed by atoms with E-state index in [1.165, 1.54) is 0 Å². The molecule has 0 aromatic carbocycles. The maximum Gasteiger partial charge on any atom is 0.228 e. The van der Waals surface area contributed by atoms with Crippen molar-refractivity contribution in [1.29, 1.82) is 0 Å². The second-order valence-electron chi connectivity index (χ2n) is 3.17. The van der Waals surface area contributed by atoms with Crippen molar-refractivity contribution in [2.45, 2.75) is 13.3 Å². The zero-order valence-electron chi connectivity index (χ0n) is 8.27. The van der Waals surface area contributed by atoms with E-state index >= 15 is 0 Å². The first-order chi connectivity index (χ1) is 7.29. The van der Waals surface area contributed by atoms with Crippen LogP contribution in [0.15, 0.2) is 22.9 Å². The van der Waals surface area contributed by atoms with Gasteiger partial charge in [-0.25, -0.2) is 0 Å². The van der Waals surface area contributed by atoms with Crippen LogP contribution in [0.25, 0.3) is 11.5 Å². The largest absolute Gasteiger partial charge is 0.339 e. The van der Waals surface area contributed by atoms with E-state index in [1.807, 2.05) is 19.1 Å². The quantitative estimate of drug-likeness (QED) is 0.749. The molecule has 2 aromatic heterocycles. The van der Waals surface area contributed by atoms with Gasteiger partial charge in [-0.05, 0) is 18.6 Å².